The van der Waals surface area contributed by atoms with Crippen molar-refractivity contribution in [2.75, 3.05) is 13.2 Å². The predicted octanol–water partition coefficient (Wildman–Crippen LogP) is 8.75. The third-order valence-electron chi connectivity index (χ3n) is 9.33. The van der Waals surface area contributed by atoms with Gasteiger partial charge >= 0.3 is 6.09 Å². The average molecular weight is 683 g/mol. The highest BCUT2D eigenvalue weighted by molar-refractivity contribution is 5.70. The summed E-state index contributed by atoms with van der Waals surface area (Å²) in [7, 11) is 0. The van der Waals surface area contributed by atoms with Gasteiger partial charge in [-0.25, -0.2) is 4.79 Å². The van der Waals surface area contributed by atoms with Gasteiger partial charge in [-0.15, -0.1) is 0 Å². The van der Waals surface area contributed by atoms with Crippen LogP contribution in [-0.4, -0.2) is 35.4 Å². The zero-order valence-electron chi connectivity index (χ0n) is 29.1. The van der Waals surface area contributed by atoms with E-state index in [0.29, 0.717) is 13.1 Å². The summed E-state index contributed by atoms with van der Waals surface area (Å²) in [6.07, 6.45) is 0.116. The number of ether oxygens (including phenoxy) is 3. The lowest BCUT2D eigenvalue weighted by atomic mass is 9.89. The van der Waals surface area contributed by atoms with E-state index in [0.717, 1.165) is 46.5 Å². The minimum Gasteiger partial charge on any atom is -0.445 e. The van der Waals surface area contributed by atoms with E-state index in [1.807, 2.05) is 48.5 Å². The van der Waals surface area contributed by atoms with Gasteiger partial charge in [-0.2, -0.15) is 0 Å². The number of benzene rings is 5. The molecular weight excluding hydrogens is 636 g/mol. The molecule has 7 nitrogen and oxygen atoms in total. The van der Waals surface area contributed by atoms with Crippen LogP contribution < -0.4 is 5.32 Å². The molecule has 0 spiro atoms. The molecule has 0 bridgehead atoms. The first-order valence-electron chi connectivity index (χ1n) is 17.5. The fourth-order valence-electron chi connectivity index (χ4n) is 6.58. The van der Waals surface area contributed by atoms with Gasteiger partial charge in [0.15, 0.2) is 6.29 Å². The second kappa shape index (κ2) is 17.7. The fourth-order valence-corrected chi connectivity index (χ4v) is 6.58. The molecule has 1 aliphatic rings. The Kier molecular flexibility index (Phi) is 12.4. The van der Waals surface area contributed by atoms with E-state index in [-0.39, 0.29) is 31.3 Å². The topological polar surface area (TPSA) is 80.3 Å². The summed E-state index contributed by atoms with van der Waals surface area (Å²) in [6.45, 7) is 8.57. The Morgan fingerprint density at radius 3 is 2.02 bits per heavy atom. The molecule has 5 aromatic carbocycles. The van der Waals surface area contributed by atoms with Crippen molar-refractivity contribution in [3.05, 3.63) is 179 Å². The maximum absolute atomic E-state index is 12.1. The number of rotatable bonds is 14. The maximum atomic E-state index is 12.1. The highest BCUT2D eigenvalue weighted by Crippen LogP contribution is 2.42. The zero-order valence-corrected chi connectivity index (χ0v) is 29.1. The maximum Gasteiger partial charge on any atom is 0.407 e. The van der Waals surface area contributed by atoms with Crippen molar-refractivity contribution >= 4 is 6.09 Å². The van der Waals surface area contributed by atoms with Crippen LogP contribution in [0.4, 0.5) is 4.79 Å². The molecule has 1 heterocycles. The fraction of sp³-hybridized carbons (Fsp3) is 0.250. The lowest BCUT2D eigenvalue weighted by Crippen LogP contribution is -2.44. The number of aliphatic hydroxyl groups is 1. The van der Waals surface area contributed by atoms with Crippen molar-refractivity contribution < 1.29 is 24.1 Å². The lowest BCUT2D eigenvalue weighted by Gasteiger charge is -2.43. The molecule has 262 valence electrons. The van der Waals surface area contributed by atoms with Gasteiger partial charge in [-0.05, 0) is 38.9 Å². The van der Waals surface area contributed by atoms with Crippen LogP contribution in [0.3, 0.4) is 0 Å². The Balaban J connectivity index is 1.26. The average Bonchev–Trinajstić information content (AvgIpc) is 3.18. The van der Waals surface area contributed by atoms with Gasteiger partial charge in [0.25, 0.3) is 0 Å². The smallest absolute Gasteiger partial charge is 0.407 e. The van der Waals surface area contributed by atoms with Crippen LogP contribution >= 0.6 is 0 Å². The Bertz CT molecular complexity index is 1790. The summed E-state index contributed by atoms with van der Waals surface area (Å²) >= 11 is 0. The largest absolute Gasteiger partial charge is 0.445 e. The number of nitrogens with one attached hydrogen (secondary N) is 1. The number of hydrogen-bond acceptors (Lipinski definition) is 6. The molecule has 6 rings (SSSR count). The molecule has 1 aliphatic heterocycles. The molecule has 51 heavy (non-hydrogen) atoms. The van der Waals surface area contributed by atoms with Crippen molar-refractivity contribution in [2.45, 2.75) is 51.7 Å². The molecule has 4 atom stereocenters. The number of aliphatic hydroxyl groups excluding tert-OH is 1. The van der Waals surface area contributed by atoms with Gasteiger partial charge in [0, 0.05) is 37.7 Å². The highest BCUT2D eigenvalue weighted by Gasteiger charge is 2.39. The summed E-state index contributed by atoms with van der Waals surface area (Å²) in [4.78, 5) is 14.5. The van der Waals surface area contributed by atoms with Crippen LogP contribution in [0.2, 0.25) is 0 Å². The van der Waals surface area contributed by atoms with Crippen molar-refractivity contribution in [3.63, 3.8) is 0 Å². The molecule has 1 amide bonds. The molecule has 1 fully saturated rings. The number of alkyl carbamates (subject to hydrolysis) is 1. The Hall–Kier alpha value is -5.05. The Morgan fingerprint density at radius 2 is 1.39 bits per heavy atom. The zero-order chi connectivity index (χ0) is 35.4. The molecule has 1 saturated heterocycles. The van der Waals surface area contributed by atoms with Crippen LogP contribution in [0.5, 0.6) is 0 Å². The van der Waals surface area contributed by atoms with E-state index in [4.69, 9.17) is 14.2 Å². The van der Waals surface area contributed by atoms with Crippen molar-refractivity contribution in [3.8, 4) is 11.1 Å². The molecule has 7 heteroatoms. The molecule has 0 radical (unpaired) electrons. The van der Waals surface area contributed by atoms with Gasteiger partial charge in [-0.3, -0.25) is 4.90 Å². The Morgan fingerprint density at radius 1 is 0.784 bits per heavy atom. The third-order valence-corrected chi connectivity index (χ3v) is 9.33. The molecule has 2 N–H and O–H groups in total. The summed E-state index contributed by atoms with van der Waals surface area (Å²) in [5.74, 6) is 0.0482. The van der Waals surface area contributed by atoms with Crippen molar-refractivity contribution in [1.82, 2.24) is 10.2 Å². The SMILES string of the molecule is C=CCOC(=O)NCc1ccccc1-c1ccc([C@@H]2O[C@H](CN(Cc3ccccc3)Cc3ccccc3)[C@H](C)[C@H](c3ccc(CO)cc3)O2)cc1. The normalized spacial score (nSPS) is 18.6. The summed E-state index contributed by atoms with van der Waals surface area (Å²) in [6, 6.07) is 45.4. The van der Waals surface area contributed by atoms with Gasteiger partial charge in [0.2, 0.25) is 0 Å². The van der Waals surface area contributed by atoms with Gasteiger partial charge in [0.05, 0.1) is 18.8 Å². The molecule has 0 unspecified atom stereocenters. The van der Waals surface area contributed by atoms with Crippen LogP contribution in [0.1, 0.15) is 52.7 Å². The third kappa shape index (κ3) is 9.60. The van der Waals surface area contributed by atoms with Gasteiger partial charge in [-0.1, -0.05) is 153 Å². The predicted molar refractivity (Wildman–Crippen MR) is 200 cm³/mol. The van der Waals surface area contributed by atoms with Gasteiger partial charge in [0.1, 0.15) is 6.61 Å². The monoisotopic (exact) mass is 682 g/mol. The minimum absolute atomic E-state index is 0.00537. The Labute approximate surface area is 301 Å². The van der Waals surface area contributed by atoms with E-state index in [2.05, 4.69) is 109 Å². The van der Waals surface area contributed by atoms with Gasteiger partial charge < -0.3 is 24.6 Å². The molecule has 5 aromatic rings. The summed E-state index contributed by atoms with van der Waals surface area (Å²) in [5.41, 5.74) is 8.36. The second-order valence-corrected chi connectivity index (χ2v) is 13.0. The first kappa shape index (κ1) is 35.8. The van der Waals surface area contributed by atoms with E-state index >= 15 is 0 Å². The van der Waals surface area contributed by atoms with E-state index in [1.165, 1.54) is 17.2 Å². The van der Waals surface area contributed by atoms with E-state index in [1.54, 1.807) is 0 Å². The first-order valence-corrected chi connectivity index (χ1v) is 17.5. The quantitative estimate of drug-likeness (QED) is 0.114. The standard InChI is InChI=1S/C44H46N2O5/c1-3-26-49-44(48)45-27-39-16-10-11-17-40(39)36-22-24-38(25-23-36)43-50-41(32(2)42(51-43)37-20-18-35(31-47)19-21-37)30-46(28-33-12-6-4-7-13-33)29-34-14-8-5-9-15-34/h3-25,32,41-43,47H,1,26-31H2,2H3,(H,45,48)/t32-,41+,42+,43+/m0/s1. The number of hydrogen-bond donors (Lipinski definition) is 2. The number of amides is 1. The number of carbonyl (C=O) groups is 1. The minimum atomic E-state index is -0.588. The van der Waals surface area contributed by atoms with Crippen LogP contribution in [0, 0.1) is 5.92 Å². The highest BCUT2D eigenvalue weighted by atomic mass is 16.7. The second-order valence-electron chi connectivity index (χ2n) is 13.0. The molecule has 0 aliphatic carbocycles. The van der Waals surface area contributed by atoms with Crippen LogP contribution in [0.25, 0.3) is 11.1 Å². The van der Waals surface area contributed by atoms with E-state index < -0.39 is 12.4 Å². The van der Waals surface area contributed by atoms with Crippen LogP contribution in [0.15, 0.2) is 146 Å². The molecule has 0 saturated carbocycles. The summed E-state index contributed by atoms with van der Waals surface area (Å²) < 4.78 is 18.8. The first-order chi connectivity index (χ1) is 25.0. The number of carbonyl (C=O) groups excluding carboxylic acids is 1. The lowest BCUT2D eigenvalue weighted by molar-refractivity contribution is -0.276. The molecule has 0 aromatic heterocycles. The number of nitrogens with zero attached hydrogens (tertiary/aromatic N) is 1. The molecular formula is C44H46N2O5. The van der Waals surface area contributed by atoms with Crippen molar-refractivity contribution in [2.24, 2.45) is 5.92 Å². The van der Waals surface area contributed by atoms with E-state index in [9.17, 15) is 9.90 Å². The van der Waals surface area contributed by atoms with Crippen molar-refractivity contribution in [1.29, 1.82) is 0 Å². The summed E-state index contributed by atoms with van der Waals surface area (Å²) in [5, 5.41) is 12.5. The van der Waals surface area contributed by atoms with Crippen LogP contribution in [-0.2, 0) is 40.5 Å².